The molecule has 7 heteroatoms. The summed E-state index contributed by atoms with van der Waals surface area (Å²) in [4.78, 5) is 22.8. The van der Waals surface area contributed by atoms with E-state index in [4.69, 9.17) is 24.1 Å². The lowest BCUT2D eigenvalue weighted by atomic mass is 10.2. The first-order chi connectivity index (χ1) is 16.9. The Balaban J connectivity index is 0. The van der Waals surface area contributed by atoms with Gasteiger partial charge in [-0.15, -0.1) is 0 Å². The van der Waals surface area contributed by atoms with Crippen molar-refractivity contribution in [2.24, 2.45) is 0 Å². The van der Waals surface area contributed by atoms with Gasteiger partial charge in [0, 0.05) is 45.9 Å². The Morgan fingerprint density at radius 2 is 0.917 bits per heavy atom. The van der Waals surface area contributed by atoms with E-state index in [1.54, 1.807) is 0 Å². The quantitative estimate of drug-likeness (QED) is 0.140. The molecule has 0 unspecified atom stereocenters. The zero-order chi connectivity index (χ0) is 27.7. The number of unbranched alkanes of at least 4 members (excludes halogenated alkanes) is 7. The lowest BCUT2D eigenvalue weighted by molar-refractivity contribution is -0.156. The highest BCUT2D eigenvalue weighted by Crippen LogP contribution is 2.11. The summed E-state index contributed by atoms with van der Waals surface area (Å²) in [6.45, 7) is 16.8. The highest BCUT2D eigenvalue weighted by atomic mass is 16.6. The summed E-state index contributed by atoms with van der Waals surface area (Å²) in [6.07, 6.45) is 12.3. The fourth-order valence-corrected chi connectivity index (χ4v) is 3.06. The van der Waals surface area contributed by atoms with E-state index in [9.17, 15) is 9.59 Å². The van der Waals surface area contributed by atoms with Crippen LogP contribution in [0.4, 0.5) is 0 Å². The van der Waals surface area contributed by atoms with Crippen molar-refractivity contribution in [2.75, 3.05) is 33.0 Å². The van der Waals surface area contributed by atoms with Crippen LogP contribution in [-0.4, -0.2) is 61.3 Å². The molecule has 0 saturated heterocycles. The van der Waals surface area contributed by atoms with Crippen molar-refractivity contribution in [1.82, 2.24) is 0 Å². The number of hydrogen-bond acceptors (Lipinski definition) is 7. The van der Waals surface area contributed by atoms with Crippen LogP contribution in [0.1, 0.15) is 132 Å². The molecule has 0 aromatic heterocycles. The van der Waals surface area contributed by atoms with Gasteiger partial charge in [-0.3, -0.25) is 9.59 Å². The number of rotatable bonds is 20. The first kappa shape index (κ1) is 37.0. The minimum absolute atomic E-state index is 0.106. The standard InChI is InChI=1S/C15H30O3.C14H28O4/c1-5-6-7-9-12-17-13-10-8-11-14(16)18-15(2,3)4;1-14(2,3)18-13(16)9-5-8-12-17-11-7-4-6-10-15/h5-13H2,1-4H3;15H,4-12H2,1-3H3. The molecule has 0 rings (SSSR count). The first-order valence-corrected chi connectivity index (χ1v) is 14.1. The van der Waals surface area contributed by atoms with Crippen LogP contribution in [0.5, 0.6) is 0 Å². The van der Waals surface area contributed by atoms with Gasteiger partial charge in [-0.1, -0.05) is 26.2 Å². The topological polar surface area (TPSA) is 91.3 Å². The van der Waals surface area contributed by atoms with Crippen molar-refractivity contribution in [1.29, 1.82) is 0 Å². The molecule has 0 spiro atoms. The van der Waals surface area contributed by atoms with E-state index in [1.165, 1.54) is 19.3 Å². The average molecular weight is 519 g/mol. The van der Waals surface area contributed by atoms with Crippen molar-refractivity contribution >= 4 is 11.9 Å². The fraction of sp³-hybridized carbons (Fsp3) is 0.931. The van der Waals surface area contributed by atoms with Gasteiger partial charge in [0.25, 0.3) is 0 Å². The van der Waals surface area contributed by atoms with Crippen LogP contribution in [0.2, 0.25) is 0 Å². The van der Waals surface area contributed by atoms with Gasteiger partial charge in [0.15, 0.2) is 0 Å². The Morgan fingerprint density at radius 3 is 1.25 bits per heavy atom. The van der Waals surface area contributed by atoms with Crippen molar-refractivity contribution in [3.8, 4) is 0 Å². The number of hydrogen-bond donors (Lipinski definition) is 1. The number of carbonyl (C=O) groups is 2. The third-order valence-electron chi connectivity index (χ3n) is 4.77. The Kier molecular flexibility index (Phi) is 24.8. The fourth-order valence-electron chi connectivity index (χ4n) is 3.06. The summed E-state index contributed by atoms with van der Waals surface area (Å²) in [7, 11) is 0. The van der Waals surface area contributed by atoms with Gasteiger partial charge in [0.1, 0.15) is 11.2 Å². The third-order valence-corrected chi connectivity index (χ3v) is 4.77. The maximum atomic E-state index is 11.4. The average Bonchev–Trinajstić information content (AvgIpc) is 2.75. The van der Waals surface area contributed by atoms with Gasteiger partial charge in [-0.2, -0.15) is 0 Å². The summed E-state index contributed by atoms with van der Waals surface area (Å²) >= 11 is 0. The number of esters is 2. The molecular formula is C29H58O7. The van der Waals surface area contributed by atoms with Crippen LogP contribution in [0.3, 0.4) is 0 Å². The van der Waals surface area contributed by atoms with E-state index >= 15 is 0 Å². The molecule has 1 N–H and O–H groups in total. The van der Waals surface area contributed by atoms with E-state index in [-0.39, 0.29) is 29.7 Å². The monoisotopic (exact) mass is 518 g/mol. The molecule has 0 aromatic rings. The van der Waals surface area contributed by atoms with Crippen LogP contribution in [0.25, 0.3) is 0 Å². The van der Waals surface area contributed by atoms with Crippen LogP contribution in [0, 0.1) is 0 Å². The lowest BCUT2D eigenvalue weighted by Gasteiger charge is -2.19. The number of aliphatic hydroxyl groups excluding tert-OH is 1. The van der Waals surface area contributed by atoms with Crippen molar-refractivity contribution in [3.05, 3.63) is 0 Å². The molecule has 0 fully saturated rings. The smallest absolute Gasteiger partial charge is 0.306 e. The summed E-state index contributed by atoms with van der Waals surface area (Å²) in [5.74, 6) is -0.240. The predicted octanol–water partition coefficient (Wildman–Crippen LogP) is 6.77. The van der Waals surface area contributed by atoms with Crippen LogP contribution < -0.4 is 0 Å². The molecule has 0 atom stereocenters. The molecule has 0 heterocycles. The molecule has 0 radical (unpaired) electrons. The van der Waals surface area contributed by atoms with Gasteiger partial charge >= 0.3 is 11.9 Å². The molecule has 0 aromatic carbocycles. The summed E-state index contributed by atoms with van der Waals surface area (Å²) in [5, 5.41) is 8.59. The molecule has 0 bridgehead atoms. The van der Waals surface area contributed by atoms with E-state index in [0.29, 0.717) is 19.4 Å². The molecule has 7 nitrogen and oxygen atoms in total. The van der Waals surface area contributed by atoms with Crippen molar-refractivity contribution in [3.63, 3.8) is 0 Å². The highest BCUT2D eigenvalue weighted by molar-refractivity contribution is 5.70. The second kappa shape index (κ2) is 24.2. The second-order valence-corrected chi connectivity index (χ2v) is 11.2. The molecular weight excluding hydrogens is 460 g/mol. The maximum Gasteiger partial charge on any atom is 0.306 e. The highest BCUT2D eigenvalue weighted by Gasteiger charge is 2.16. The van der Waals surface area contributed by atoms with Crippen LogP contribution >= 0.6 is 0 Å². The third kappa shape index (κ3) is 35.0. The van der Waals surface area contributed by atoms with E-state index < -0.39 is 0 Å². The zero-order valence-corrected chi connectivity index (χ0v) is 24.6. The molecule has 0 aliphatic heterocycles. The van der Waals surface area contributed by atoms with E-state index in [2.05, 4.69) is 6.92 Å². The maximum absolute atomic E-state index is 11.4. The minimum atomic E-state index is -0.389. The SMILES string of the molecule is CC(C)(C)OC(=O)CCCCOCCCCCO.CCCCCCOCCCCC(=O)OC(C)(C)C. The number of aliphatic hydroxyl groups is 1. The van der Waals surface area contributed by atoms with Crippen LogP contribution in [0.15, 0.2) is 0 Å². The van der Waals surface area contributed by atoms with Crippen molar-refractivity contribution in [2.45, 2.75) is 143 Å². The summed E-state index contributed by atoms with van der Waals surface area (Å²) in [5.41, 5.74) is -0.757. The molecule has 0 aliphatic rings. The predicted molar refractivity (Wildman–Crippen MR) is 146 cm³/mol. The molecule has 0 aliphatic carbocycles. The van der Waals surface area contributed by atoms with Crippen molar-refractivity contribution < 1.29 is 33.6 Å². The van der Waals surface area contributed by atoms with Gasteiger partial charge in [-0.05, 0) is 92.9 Å². The first-order valence-electron chi connectivity index (χ1n) is 14.1. The van der Waals surface area contributed by atoms with E-state index in [0.717, 1.165) is 71.2 Å². The van der Waals surface area contributed by atoms with Gasteiger partial charge in [0.2, 0.25) is 0 Å². The molecule has 0 saturated carbocycles. The van der Waals surface area contributed by atoms with Gasteiger partial charge < -0.3 is 24.1 Å². The second-order valence-electron chi connectivity index (χ2n) is 11.2. The zero-order valence-electron chi connectivity index (χ0n) is 24.6. The molecule has 36 heavy (non-hydrogen) atoms. The van der Waals surface area contributed by atoms with E-state index in [1.807, 2.05) is 41.5 Å². The Morgan fingerprint density at radius 1 is 0.556 bits per heavy atom. The number of ether oxygens (including phenoxy) is 4. The number of carbonyl (C=O) groups excluding carboxylic acids is 2. The Bertz CT molecular complexity index is 461. The Hall–Kier alpha value is -1.18. The normalized spacial score (nSPS) is 11.6. The van der Waals surface area contributed by atoms with Crippen LogP contribution in [-0.2, 0) is 28.5 Å². The molecule has 0 amide bonds. The Labute approximate surface area is 222 Å². The van der Waals surface area contributed by atoms with Gasteiger partial charge in [-0.25, -0.2) is 0 Å². The van der Waals surface area contributed by atoms with Gasteiger partial charge in [0.05, 0.1) is 0 Å². The molecule has 216 valence electrons. The largest absolute Gasteiger partial charge is 0.460 e. The summed E-state index contributed by atoms with van der Waals surface area (Å²) in [6, 6.07) is 0. The lowest BCUT2D eigenvalue weighted by Crippen LogP contribution is -2.23. The minimum Gasteiger partial charge on any atom is -0.460 e. The summed E-state index contributed by atoms with van der Waals surface area (Å²) < 4.78 is 21.4.